The molecule has 0 aromatic rings. The maximum absolute atomic E-state index is 13.2. The van der Waals surface area contributed by atoms with E-state index in [1.165, 1.54) is 315 Å². The highest BCUT2D eigenvalue weighted by Crippen LogP contribution is 2.45. The summed E-state index contributed by atoms with van der Waals surface area (Å²) in [5, 5.41) is 10.7. The van der Waals surface area contributed by atoms with Gasteiger partial charge in [-0.25, -0.2) is 9.13 Å². The third-order valence-electron chi connectivity index (χ3n) is 22.1. The summed E-state index contributed by atoms with van der Waals surface area (Å²) < 4.78 is 68.9. The minimum atomic E-state index is -4.97. The number of aliphatic hydroxyl groups is 1. The second-order valence-corrected chi connectivity index (χ2v) is 36.2. The summed E-state index contributed by atoms with van der Waals surface area (Å²) in [6, 6.07) is 0. The van der Waals surface area contributed by atoms with Crippen molar-refractivity contribution >= 4 is 39.5 Å². The molecular weight excluding hydrogens is 1440 g/mol. The minimum absolute atomic E-state index is 0.109. The lowest BCUT2D eigenvalue weighted by atomic mass is 9.99. The van der Waals surface area contributed by atoms with E-state index in [4.69, 9.17) is 37.0 Å². The SMILES string of the molecule is CCCCCCCCCCCCCCCCCCCCCCCC(=O)OC[C@H](COP(=O)(O)OC[C@@H](O)COP(=O)(O)OC[C@@H](COC(=O)CCCCCCCCC)OC(=O)CCCCCCCCCCCCCCCCCCCCCCC)OC(=O)CCCCCCCCCCCCCCCCCCCCC(C)CC. The van der Waals surface area contributed by atoms with Crippen LogP contribution in [0.25, 0.3) is 0 Å². The van der Waals surface area contributed by atoms with Crippen LogP contribution in [0.4, 0.5) is 0 Å². The molecule has 660 valence electrons. The second-order valence-electron chi connectivity index (χ2n) is 33.3. The van der Waals surface area contributed by atoms with Crippen LogP contribution < -0.4 is 0 Å². The lowest BCUT2D eigenvalue weighted by molar-refractivity contribution is -0.161. The normalized spacial score (nSPS) is 13.9. The Hall–Kier alpha value is -1.94. The van der Waals surface area contributed by atoms with Gasteiger partial charge in [-0.3, -0.25) is 37.3 Å². The van der Waals surface area contributed by atoms with E-state index in [1.807, 2.05) is 0 Å². The third-order valence-corrected chi connectivity index (χ3v) is 24.0. The first-order valence-corrected chi connectivity index (χ1v) is 50.7. The third kappa shape index (κ3) is 84.3. The lowest BCUT2D eigenvalue weighted by Crippen LogP contribution is -2.30. The smallest absolute Gasteiger partial charge is 0.462 e. The van der Waals surface area contributed by atoms with Crippen molar-refractivity contribution in [3.05, 3.63) is 0 Å². The van der Waals surface area contributed by atoms with Crippen molar-refractivity contribution in [2.75, 3.05) is 39.6 Å². The summed E-state index contributed by atoms with van der Waals surface area (Å²) in [5.41, 5.74) is 0. The molecule has 0 aliphatic rings. The zero-order chi connectivity index (χ0) is 81.1. The van der Waals surface area contributed by atoms with Crippen LogP contribution in [0.5, 0.6) is 0 Å². The standard InChI is InChI=1S/C92H180O17P2/c1-6-10-13-16-19-21-23-25-27-29-31-33-35-40-44-48-52-56-61-66-71-76-90(95)103-82-88(109-92(97)78-73-68-63-58-54-50-46-42-38-37-39-43-47-51-55-60-64-69-74-85(5)9-4)84-107-111(100,101)105-80-86(93)79-104-110(98,99)106-83-87(81-102-89(94)75-70-65-59-18-15-12-8-3)108-91(96)77-72-67-62-57-53-49-45-41-36-34-32-30-28-26-24-22-20-17-14-11-7-2/h85-88,93H,6-84H2,1-5H3,(H,98,99)(H,100,101)/t85?,86-,87+,88+/m0/s1. The van der Waals surface area contributed by atoms with E-state index in [1.54, 1.807) is 0 Å². The van der Waals surface area contributed by atoms with Crippen LogP contribution in [0, 0.1) is 5.92 Å². The molecule has 3 unspecified atom stereocenters. The molecular formula is C92H180O17P2. The second kappa shape index (κ2) is 84.5. The molecule has 0 aromatic heterocycles. The van der Waals surface area contributed by atoms with E-state index in [0.29, 0.717) is 25.7 Å². The van der Waals surface area contributed by atoms with Gasteiger partial charge in [0.05, 0.1) is 26.4 Å². The Morgan fingerprint density at radius 1 is 0.252 bits per heavy atom. The van der Waals surface area contributed by atoms with Gasteiger partial charge in [0.1, 0.15) is 19.3 Å². The first-order valence-electron chi connectivity index (χ1n) is 47.7. The quantitative estimate of drug-likeness (QED) is 0.0222. The van der Waals surface area contributed by atoms with Crippen molar-refractivity contribution in [3.63, 3.8) is 0 Å². The van der Waals surface area contributed by atoms with Gasteiger partial charge >= 0.3 is 39.5 Å². The molecule has 111 heavy (non-hydrogen) atoms. The summed E-state index contributed by atoms with van der Waals surface area (Å²) in [4.78, 5) is 73.2. The molecule has 0 bridgehead atoms. The van der Waals surface area contributed by atoms with Crippen LogP contribution >= 0.6 is 15.6 Å². The Morgan fingerprint density at radius 2 is 0.432 bits per heavy atom. The van der Waals surface area contributed by atoms with E-state index < -0.39 is 97.5 Å². The molecule has 19 heteroatoms. The number of phosphoric ester groups is 2. The molecule has 0 aliphatic heterocycles. The van der Waals surface area contributed by atoms with Crippen molar-refractivity contribution in [2.45, 2.75) is 522 Å². The topological polar surface area (TPSA) is 237 Å². The van der Waals surface area contributed by atoms with E-state index >= 15 is 0 Å². The fourth-order valence-electron chi connectivity index (χ4n) is 14.5. The lowest BCUT2D eigenvalue weighted by Gasteiger charge is -2.21. The molecule has 17 nitrogen and oxygen atoms in total. The molecule has 0 fully saturated rings. The number of esters is 4. The van der Waals surface area contributed by atoms with Crippen molar-refractivity contribution in [2.24, 2.45) is 5.92 Å². The first kappa shape index (κ1) is 109. The predicted molar refractivity (Wildman–Crippen MR) is 460 cm³/mol. The number of aliphatic hydroxyl groups excluding tert-OH is 1. The molecule has 0 aliphatic carbocycles. The summed E-state index contributed by atoms with van der Waals surface area (Å²) in [5.74, 6) is -1.23. The minimum Gasteiger partial charge on any atom is -0.462 e. The van der Waals surface area contributed by atoms with Crippen LogP contribution in [0.1, 0.15) is 503 Å². The maximum atomic E-state index is 13.2. The number of rotatable bonds is 92. The van der Waals surface area contributed by atoms with Crippen molar-refractivity contribution in [1.82, 2.24) is 0 Å². The fraction of sp³-hybridized carbons (Fsp3) is 0.957. The molecule has 0 heterocycles. The van der Waals surface area contributed by atoms with Crippen LogP contribution in [-0.2, 0) is 65.4 Å². The highest BCUT2D eigenvalue weighted by Gasteiger charge is 2.31. The van der Waals surface area contributed by atoms with Gasteiger partial charge in [-0.15, -0.1) is 0 Å². The molecule has 0 saturated heterocycles. The van der Waals surface area contributed by atoms with Crippen molar-refractivity contribution in [3.8, 4) is 0 Å². The summed E-state index contributed by atoms with van der Waals surface area (Å²) in [7, 11) is -9.93. The molecule has 0 rings (SSSR count). The summed E-state index contributed by atoms with van der Waals surface area (Å²) >= 11 is 0. The van der Waals surface area contributed by atoms with E-state index in [2.05, 4.69) is 34.6 Å². The summed E-state index contributed by atoms with van der Waals surface area (Å²) in [6.45, 7) is 7.42. The van der Waals surface area contributed by atoms with Gasteiger partial charge in [-0.1, -0.05) is 452 Å². The number of ether oxygens (including phenoxy) is 4. The number of unbranched alkanes of at least 4 members (excludes halogenated alkanes) is 63. The zero-order valence-corrected chi connectivity index (χ0v) is 74.9. The van der Waals surface area contributed by atoms with E-state index in [0.717, 1.165) is 109 Å². The molecule has 3 N–H and O–H groups in total. The Labute approximate surface area is 683 Å². The van der Waals surface area contributed by atoms with E-state index in [9.17, 15) is 43.2 Å². The summed E-state index contributed by atoms with van der Waals surface area (Å²) in [6.07, 6.45) is 81.0. The highest BCUT2D eigenvalue weighted by atomic mass is 31.2. The zero-order valence-electron chi connectivity index (χ0n) is 73.1. The van der Waals surface area contributed by atoms with Crippen LogP contribution in [-0.4, -0.2) is 96.7 Å². The maximum Gasteiger partial charge on any atom is 0.472 e. The molecule has 0 radical (unpaired) electrons. The van der Waals surface area contributed by atoms with Gasteiger partial charge in [0.2, 0.25) is 0 Å². The van der Waals surface area contributed by atoms with Crippen LogP contribution in [0.3, 0.4) is 0 Å². The number of hydrogen-bond acceptors (Lipinski definition) is 15. The first-order chi connectivity index (χ1) is 54.1. The Kier molecular flexibility index (Phi) is 83.0. The monoisotopic (exact) mass is 1620 g/mol. The average Bonchev–Trinajstić information content (AvgIpc) is 0.899. The Bertz CT molecular complexity index is 2100. The molecule has 0 aromatic carbocycles. The van der Waals surface area contributed by atoms with Gasteiger partial charge in [0.15, 0.2) is 12.2 Å². The number of carbonyl (C=O) groups is 4. The van der Waals surface area contributed by atoms with Gasteiger partial charge in [0.25, 0.3) is 0 Å². The predicted octanol–water partition coefficient (Wildman–Crippen LogP) is 28.7. The van der Waals surface area contributed by atoms with Crippen LogP contribution in [0.15, 0.2) is 0 Å². The largest absolute Gasteiger partial charge is 0.472 e. The fourth-order valence-corrected chi connectivity index (χ4v) is 16.1. The highest BCUT2D eigenvalue weighted by molar-refractivity contribution is 7.47. The number of hydrogen-bond donors (Lipinski definition) is 3. The molecule has 0 saturated carbocycles. The van der Waals surface area contributed by atoms with E-state index in [-0.39, 0.29) is 25.7 Å². The van der Waals surface area contributed by atoms with Crippen molar-refractivity contribution in [1.29, 1.82) is 0 Å². The number of carbonyl (C=O) groups excluding carboxylic acids is 4. The molecule has 6 atom stereocenters. The molecule has 0 amide bonds. The van der Waals surface area contributed by atoms with Gasteiger partial charge in [0, 0.05) is 25.7 Å². The number of phosphoric acid groups is 2. The average molecular weight is 1620 g/mol. The Balaban J connectivity index is 5.13. The molecule has 0 spiro atoms. The van der Waals surface area contributed by atoms with Gasteiger partial charge in [-0.2, -0.15) is 0 Å². The van der Waals surface area contributed by atoms with Crippen LogP contribution in [0.2, 0.25) is 0 Å². The van der Waals surface area contributed by atoms with Gasteiger partial charge in [-0.05, 0) is 31.6 Å². The van der Waals surface area contributed by atoms with Gasteiger partial charge < -0.3 is 33.8 Å². The Morgan fingerprint density at radius 3 is 0.640 bits per heavy atom. The van der Waals surface area contributed by atoms with Crippen molar-refractivity contribution < 1.29 is 80.2 Å².